The standard InChI is InChI=1S/C12H16BrNO2S/c1-10-6-4-5-9-14(10)17(15,16)12-8-3-2-7-11(12)13/h2-3,7-8,10H,4-6,9H2,1H3/t10-/m0/s1. The average Bonchev–Trinajstić information content (AvgIpc) is 2.29. The van der Waals surface area contributed by atoms with E-state index in [9.17, 15) is 8.42 Å². The van der Waals surface area contributed by atoms with Crippen LogP contribution in [0.25, 0.3) is 0 Å². The highest BCUT2D eigenvalue weighted by atomic mass is 79.9. The Bertz CT molecular complexity index is 501. The van der Waals surface area contributed by atoms with Gasteiger partial charge in [-0.15, -0.1) is 0 Å². The molecule has 1 aliphatic heterocycles. The highest BCUT2D eigenvalue weighted by Crippen LogP contribution is 2.29. The van der Waals surface area contributed by atoms with Gasteiger partial charge < -0.3 is 0 Å². The number of hydrogen-bond donors (Lipinski definition) is 0. The van der Waals surface area contributed by atoms with Crippen LogP contribution in [0.5, 0.6) is 0 Å². The second-order valence-electron chi connectivity index (χ2n) is 4.39. The number of sulfonamides is 1. The van der Waals surface area contributed by atoms with E-state index in [2.05, 4.69) is 15.9 Å². The minimum Gasteiger partial charge on any atom is -0.207 e. The normalized spacial score (nSPS) is 22.6. The number of halogens is 1. The topological polar surface area (TPSA) is 37.4 Å². The summed E-state index contributed by atoms with van der Waals surface area (Å²) in [6.07, 6.45) is 3.01. The molecule has 0 radical (unpaired) electrons. The highest BCUT2D eigenvalue weighted by molar-refractivity contribution is 9.10. The Hall–Kier alpha value is -0.390. The summed E-state index contributed by atoms with van der Waals surface area (Å²) in [6, 6.07) is 7.10. The summed E-state index contributed by atoms with van der Waals surface area (Å²) >= 11 is 3.31. The maximum absolute atomic E-state index is 12.5. The van der Waals surface area contributed by atoms with Crippen LogP contribution in [0.4, 0.5) is 0 Å². The minimum absolute atomic E-state index is 0.0980. The van der Waals surface area contributed by atoms with Gasteiger partial charge in [-0.3, -0.25) is 0 Å². The molecule has 1 heterocycles. The van der Waals surface area contributed by atoms with Gasteiger partial charge in [0.05, 0.1) is 4.90 Å². The van der Waals surface area contributed by atoms with Crippen molar-refractivity contribution < 1.29 is 8.42 Å². The Kier molecular flexibility index (Phi) is 3.90. The predicted octanol–water partition coefficient (Wildman–Crippen LogP) is 3.01. The van der Waals surface area contributed by atoms with Crippen LogP contribution in [0.2, 0.25) is 0 Å². The average molecular weight is 318 g/mol. The molecular formula is C12H16BrNO2S. The molecule has 1 aliphatic rings. The molecule has 3 nitrogen and oxygen atoms in total. The minimum atomic E-state index is -3.36. The second-order valence-corrected chi connectivity index (χ2v) is 7.10. The lowest BCUT2D eigenvalue weighted by molar-refractivity contribution is 0.268. The molecule has 2 rings (SSSR count). The lowest BCUT2D eigenvalue weighted by atomic mass is 10.1. The Balaban J connectivity index is 2.39. The molecule has 94 valence electrons. The van der Waals surface area contributed by atoms with Crippen LogP contribution in [-0.4, -0.2) is 25.3 Å². The zero-order valence-corrected chi connectivity index (χ0v) is 12.2. The third kappa shape index (κ3) is 2.56. The SMILES string of the molecule is C[C@H]1CCCCN1S(=O)(=O)c1ccccc1Br. The van der Waals surface area contributed by atoms with Gasteiger partial charge in [-0.2, -0.15) is 4.31 Å². The van der Waals surface area contributed by atoms with E-state index in [0.29, 0.717) is 15.9 Å². The van der Waals surface area contributed by atoms with Gasteiger partial charge in [0.15, 0.2) is 0 Å². The van der Waals surface area contributed by atoms with Gasteiger partial charge in [0, 0.05) is 17.1 Å². The molecule has 1 aromatic carbocycles. The van der Waals surface area contributed by atoms with Gasteiger partial charge in [0.25, 0.3) is 0 Å². The molecule has 1 aromatic rings. The molecule has 5 heteroatoms. The summed E-state index contributed by atoms with van der Waals surface area (Å²) in [4.78, 5) is 0.369. The van der Waals surface area contributed by atoms with E-state index < -0.39 is 10.0 Å². The van der Waals surface area contributed by atoms with E-state index >= 15 is 0 Å². The van der Waals surface area contributed by atoms with E-state index in [1.807, 2.05) is 13.0 Å². The Morgan fingerprint density at radius 3 is 2.65 bits per heavy atom. The van der Waals surface area contributed by atoms with Crippen LogP contribution < -0.4 is 0 Å². The maximum Gasteiger partial charge on any atom is 0.244 e. The van der Waals surface area contributed by atoms with Gasteiger partial charge >= 0.3 is 0 Å². The lowest BCUT2D eigenvalue weighted by Gasteiger charge is -2.32. The van der Waals surface area contributed by atoms with E-state index in [1.54, 1.807) is 22.5 Å². The molecule has 1 fully saturated rings. The molecule has 0 unspecified atom stereocenters. The summed E-state index contributed by atoms with van der Waals surface area (Å²) < 4.78 is 27.3. The molecule has 0 saturated carbocycles. The van der Waals surface area contributed by atoms with E-state index in [1.165, 1.54) is 0 Å². The summed E-state index contributed by atoms with van der Waals surface area (Å²) in [5.74, 6) is 0. The Morgan fingerprint density at radius 2 is 2.00 bits per heavy atom. The molecule has 1 atom stereocenters. The van der Waals surface area contributed by atoms with Crippen molar-refractivity contribution in [3.63, 3.8) is 0 Å². The summed E-state index contributed by atoms with van der Waals surface area (Å²) in [6.45, 7) is 2.61. The van der Waals surface area contributed by atoms with Crippen molar-refractivity contribution in [3.05, 3.63) is 28.7 Å². The first kappa shape index (κ1) is 13.1. The molecule has 0 aliphatic carbocycles. The highest BCUT2D eigenvalue weighted by Gasteiger charge is 2.31. The van der Waals surface area contributed by atoms with Gasteiger partial charge in [0.1, 0.15) is 0 Å². The molecule has 0 N–H and O–H groups in total. The summed E-state index contributed by atoms with van der Waals surface area (Å²) in [7, 11) is -3.36. The fraction of sp³-hybridized carbons (Fsp3) is 0.500. The van der Waals surface area contributed by atoms with E-state index in [-0.39, 0.29) is 6.04 Å². The first-order chi connectivity index (χ1) is 8.03. The summed E-state index contributed by atoms with van der Waals surface area (Å²) in [5, 5.41) is 0. The number of hydrogen-bond acceptors (Lipinski definition) is 2. The number of rotatable bonds is 2. The maximum atomic E-state index is 12.5. The smallest absolute Gasteiger partial charge is 0.207 e. The quantitative estimate of drug-likeness (QED) is 0.840. The molecule has 1 saturated heterocycles. The molecular weight excluding hydrogens is 302 g/mol. The largest absolute Gasteiger partial charge is 0.244 e. The first-order valence-corrected chi connectivity index (χ1v) is 8.03. The monoisotopic (exact) mass is 317 g/mol. The van der Waals surface area contributed by atoms with Crippen molar-refractivity contribution in [1.29, 1.82) is 0 Å². The Morgan fingerprint density at radius 1 is 1.29 bits per heavy atom. The van der Waals surface area contributed by atoms with E-state index in [0.717, 1.165) is 19.3 Å². The van der Waals surface area contributed by atoms with Crippen molar-refractivity contribution in [2.45, 2.75) is 37.1 Å². The van der Waals surface area contributed by atoms with Crippen LogP contribution in [0, 0.1) is 0 Å². The van der Waals surface area contributed by atoms with Gasteiger partial charge in [-0.05, 0) is 47.8 Å². The van der Waals surface area contributed by atoms with Crippen molar-refractivity contribution in [2.75, 3.05) is 6.54 Å². The number of nitrogens with zero attached hydrogens (tertiary/aromatic N) is 1. The molecule has 17 heavy (non-hydrogen) atoms. The van der Waals surface area contributed by atoms with Crippen molar-refractivity contribution in [3.8, 4) is 0 Å². The number of piperidine rings is 1. The van der Waals surface area contributed by atoms with Gasteiger partial charge in [0.2, 0.25) is 10.0 Å². The van der Waals surface area contributed by atoms with Crippen molar-refractivity contribution in [1.82, 2.24) is 4.31 Å². The zero-order valence-electron chi connectivity index (χ0n) is 9.77. The molecule has 0 bridgehead atoms. The third-order valence-corrected chi connectivity index (χ3v) is 6.19. The number of benzene rings is 1. The molecule has 0 aromatic heterocycles. The third-order valence-electron chi connectivity index (χ3n) is 3.17. The van der Waals surface area contributed by atoms with Gasteiger partial charge in [-0.25, -0.2) is 8.42 Å². The van der Waals surface area contributed by atoms with E-state index in [4.69, 9.17) is 0 Å². The van der Waals surface area contributed by atoms with Crippen molar-refractivity contribution in [2.24, 2.45) is 0 Å². The fourth-order valence-electron chi connectivity index (χ4n) is 2.21. The lowest BCUT2D eigenvalue weighted by Crippen LogP contribution is -2.42. The van der Waals surface area contributed by atoms with Crippen LogP contribution in [0.15, 0.2) is 33.6 Å². The zero-order chi connectivity index (χ0) is 12.5. The van der Waals surface area contributed by atoms with Crippen LogP contribution in [-0.2, 0) is 10.0 Å². The summed E-state index contributed by atoms with van der Waals surface area (Å²) in [5.41, 5.74) is 0. The van der Waals surface area contributed by atoms with Crippen LogP contribution >= 0.6 is 15.9 Å². The van der Waals surface area contributed by atoms with Gasteiger partial charge in [-0.1, -0.05) is 18.6 Å². The Labute approximate surface area is 111 Å². The fourth-order valence-corrected chi connectivity index (χ4v) is 4.87. The predicted molar refractivity (Wildman–Crippen MR) is 71.3 cm³/mol. The molecule has 0 amide bonds. The van der Waals surface area contributed by atoms with Crippen LogP contribution in [0.3, 0.4) is 0 Å². The second kappa shape index (κ2) is 5.08. The van der Waals surface area contributed by atoms with Crippen LogP contribution in [0.1, 0.15) is 26.2 Å². The first-order valence-electron chi connectivity index (χ1n) is 5.80. The molecule has 0 spiro atoms. The van der Waals surface area contributed by atoms with Crippen molar-refractivity contribution >= 4 is 26.0 Å².